The van der Waals surface area contributed by atoms with Crippen molar-refractivity contribution in [3.05, 3.63) is 59.4 Å². The van der Waals surface area contributed by atoms with E-state index >= 15 is 0 Å². The summed E-state index contributed by atoms with van der Waals surface area (Å²) in [5, 5.41) is 4.83. The highest BCUT2D eigenvalue weighted by atomic mass is 19.1. The van der Waals surface area contributed by atoms with E-state index in [2.05, 4.69) is 10.6 Å². The Morgan fingerprint density at radius 3 is 2.43 bits per heavy atom. The van der Waals surface area contributed by atoms with E-state index in [-0.39, 0.29) is 18.7 Å². The summed E-state index contributed by atoms with van der Waals surface area (Å²) in [6, 6.07) is 9.90. The fourth-order valence-corrected chi connectivity index (χ4v) is 2.41. The van der Waals surface area contributed by atoms with Gasteiger partial charge in [0, 0.05) is 17.9 Å². The van der Waals surface area contributed by atoms with Crippen molar-refractivity contribution in [2.24, 2.45) is 0 Å². The number of esters is 1. The number of amides is 2. The third-order valence-electron chi connectivity index (χ3n) is 3.89. The van der Waals surface area contributed by atoms with Crippen molar-refractivity contribution in [3.8, 4) is 5.75 Å². The minimum absolute atomic E-state index is 0.243. The molecule has 2 aromatic carbocycles. The third-order valence-corrected chi connectivity index (χ3v) is 3.89. The minimum Gasteiger partial charge on any atom is -0.496 e. The van der Waals surface area contributed by atoms with Crippen LogP contribution in [0.4, 0.5) is 10.1 Å². The van der Waals surface area contributed by atoms with Gasteiger partial charge in [0.15, 0.2) is 6.61 Å². The van der Waals surface area contributed by atoms with Gasteiger partial charge in [0.05, 0.1) is 25.8 Å². The third kappa shape index (κ3) is 7.17. The molecule has 2 aromatic rings. The van der Waals surface area contributed by atoms with Crippen molar-refractivity contribution >= 4 is 23.5 Å². The van der Waals surface area contributed by atoms with Gasteiger partial charge < -0.3 is 24.8 Å². The van der Waals surface area contributed by atoms with Crippen LogP contribution in [-0.2, 0) is 25.7 Å². The first-order chi connectivity index (χ1) is 14.4. The summed E-state index contributed by atoms with van der Waals surface area (Å²) in [6.07, 6.45) is 0. The monoisotopic (exact) mass is 418 g/mol. The number of halogens is 1. The number of nitrogens with one attached hydrogen (secondary N) is 2. The Kier molecular flexibility index (Phi) is 8.76. The van der Waals surface area contributed by atoms with Gasteiger partial charge in [0.2, 0.25) is 5.91 Å². The molecule has 0 fully saturated rings. The summed E-state index contributed by atoms with van der Waals surface area (Å²) in [4.78, 5) is 35.8. The molecule has 2 N–H and O–H groups in total. The van der Waals surface area contributed by atoms with Crippen LogP contribution >= 0.6 is 0 Å². The van der Waals surface area contributed by atoms with E-state index in [4.69, 9.17) is 14.2 Å². The predicted octanol–water partition coefficient (Wildman–Crippen LogP) is 2.28. The summed E-state index contributed by atoms with van der Waals surface area (Å²) in [5.74, 6) is -1.69. The molecule has 0 radical (unpaired) electrons. The first-order valence-electron chi connectivity index (χ1n) is 9.16. The average Bonchev–Trinajstić information content (AvgIpc) is 2.75. The SMILES string of the molecule is CCOCc1cc(C(=O)OCC(=O)NCC(=O)Nc2ccc(F)cc2)ccc1OC. The van der Waals surface area contributed by atoms with Gasteiger partial charge in [-0.05, 0) is 49.4 Å². The van der Waals surface area contributed by atoms with E-state index in [0.29, 0.717) is 23.6 Å². The highest BCUT2D eigenvalue weighted by molar-refractivity contribution is 5.95. The number of benzene rings is 2. The molecule has 2 rings (SSSR count). The molecule has 0 atom stereocenters. The molecular weight excluding hydrogens is 395 g/mol. The zero-order valence-corrected chi connectivity index (χ0v) is 16.7. The average molecular weight is 418 g/mol. The Labute approximate surface area is 173 Å². The summed E-state index contributed by atoms with van der Waals surface area (Å²) in [5.41, 5.74) is 1.31. The fraction of sp³-hybridized carbons (Fsp3) is 0.286. The Morgan fingerprint density at radius 1 is 1.03 bits per heavy atom. The second kappa shape index (κ2) is 11.5. The maximum absolute atomic E-state index is 12.8. The van der Waals surface area contributed by atoms with Crippen molar-refractivity contribution in [3.63, 3.8) is 0 Å². The highest BCUT2D eigenvalue weighted by Gasteiger charge is 2.14. The maximum Gasteiger partial charge on any atom is 0.338 e. The van der Waals surface area contributed by atoms with Crippen LogP contribution in [0.25, 0.3) is 0 Å². The van der Waals surface area contributed by atoms with Crippen molar-refractivity contribution in [2.75, 3.05) is 32.2 Å². The number of hydrogen-bond donors (Lipinski definition) is 2. The van der Waals surface area contributed by atoms with Crippen LogP contribution in [0.3, 0.4) is 0 Å². The van der Waals surface area contributed by atoms with Crippen molar-refractivity contribution in [2.45, 2.75) is 13.5 Å². The molecule has 0 aromatic heterocycles. The lowest BCUT2D eigenvalue weighted by Gasteiger charge is -2.11. The predicted molar refractivity (Wildman–Crippen MR) is 107 cm³/mol. The minimum atomic E-state index is -0.693. The van der Waals surface area contributed by atoms with Crippen LogP contribution in [0.5, 0.6) is 5.75 Å². The Morgan fingerprint density at radius 2 is 1.77 bits per heavy atom. The molecule has 0 heterocycles. The van der Waals surface area contributed by atoms with Crippen molar-refractivity contribution in [1.29, 1.82) is 0 Å². The van der Waals surface area contributed by atoms with Gasteiger partial charge in [-0.2, -0.15) is 0 Å². The van der Waals surface area contributed by atoms with E-state index < -0.39 is 30.2 Å². The van der Waals surface area contributed by atoms with Crippen molar-refractivity contribution < 1.29 is 33.0 Å². The van der Waals surface area contributed by atoms with Gasteiger partial charge in [-0.15, -0.1) is 0 Å². The molecular formula is C21H23FN2O6. The van der Waals surface area contributed by atoms with Gasteiger partial charge in [-0.3, -0.25) is 9.59 Å². The number of carbonyl (C=O) groups is 3. The first kappa shape index (κ1) is 22.8. The zero-order chi connectivity index (χ0) is 21.9. The second-order valence-corrected chi connectivity index (χ2v) is 6.07. The molecule has 0 unspecified atom stereocenters. The number of methoxy groups -OCH3 is 1. The van der Waals surface area contributed by atoms with E-state index in [9.17, 15) is 18.8 Å². The zero-order valence-electron chi connectivity index (χ0n) is 16.7. The Hall–Kier alpha value is -3.46. The van der Waals surface area contributed by atoms with E-state index in [0.717, 1.165) is 0 Å². The smallest absolute Gasteiger partial charge is 0.338 e. The molecule has 0 saturated carbocycles. The van der Waals surface area contributed by atoms with Crippen LogP contribution in [0, 0.1) is 5.82 Å². The normalized spacial score (nSPS) is 10.2. The number of rotatable bonds is 10. The van der Waals surface area contributed by atoms with Crippen LogP contribution in [0.15, 0.2) is 42.5 Å². The molecule has 30 heavy (non-hydrogen) atoms. The molecule has 0 spiro atoms. The van der Waals surface area contributed by atoms with Crippen LogP contribution in [0.1, 0.15) is 22.8 Å². The number of hydrogen-bond acceptors (Lipinski definition) is 6. The molecule has 0 saturated heterocycles. The standard InChI is InChI=1S/C21H23FN2O6/c1-3-29-12-15-10-14(4-9-18(15)28-2)21(27)30-13-20(26)23-11-19(25)24-17-7-5-16(22)6-8-17/h4-10H,3,11-13H2,1-2H3,(H,23,26)(H,24,25). The quantitative estimate of drug-likeness (QED) is 0.574. The molecule has 2 amide bonds. The number of ether oxygens (including phenoxy) is 3. The van der Waals surface area contributed by atoms with E-state index in [1.165, 1.54) is 37.4 Å². The van der Waals surface area contributed by atoms with Gasteiger partial charge >= 0.3 is 5.97 Å². The topological polar surface area (TPSA) is 103 Å². The van der Waals surface area contributed by atoms with Crippen LogP contribution in [-0.4, -0.2) is 44.7 Å². The Balaban J connectivity index is 1.80. The molecule has 0 aliphatic heterocycles. The summed E-state index contributed by atoms with van der Waals surface area (Å²) in [6.45, 7) is 1.75. The van der Waals surface area contributed by atoms with Crippen LogP contribution < -0.4 is 15.4 Å². The Bertz CT molecular complexity index is 886. The van der Waals surface area contributed by atoms with Gasteiger partial charge in [-0.1, -0.05) is 0 Å². The van der Waals surface area contributed by atoms with Gasteiger partial charge in [-0.25, -0.2) is 9.18 Å². The fourth-order valence-electron chi connectivity index (χ4n) is 2.41. The number of carbonyl (C=O) groups excluding carboxylic acids is 3. The van der Waals surface area contributed by atoms with Crippen LogP contribution in [0.2, 0.25) is 0 Å². The highest BCUT2D eigenvalue weighted by Crippen LogP contribution is 2.21. The molecule has 9 heteroatoms. The lowest BCUT2D eigenvalue weighted by atomic mass is 10.1. The first-order valence-corrected chi connectivity index (χ1v) is 9.16. The van der Waals surface area contributed by atoms with Crippen molar-refractivity contribution in [1.82, 2.24) is 5.32 Å². The molecule has 160 valence electrons. The lowest BCUT2D eigenvalue weighted by Crippen LogP contribution is -2.35. The molecule has 0 aliphatic rings. The lowest BCUT2D eigenvalue weighted by molar-refractivity contribution is -0.126. The molecule has 0 bridgehead atoms. The molecule has 8 nitrogen and oxygen atoms in total. The summed E-state index contributed by atoms with van der Waals surface area (Å²) < 4.78 is 28.4. The van der Waals surface area contributed by atoms with Gasteiger partial charge in [0.1, 0.15) is 11.6 Å². The number of anilines is 1. The van der Waals surface area contributed by atoms with E-state index in [1.54, 1.807) is 12.1 Å². The largest absolute Gasteiger partial charge is 0.496 e. The summed E-state index contributed by atoms with van der Waals surface area (Å²) in [7, 11) is 1.51. The van der Waals surface area contributed by atoms with E-state index in [1.807, 2.05) is 6.92 Å². The summed E-state index contributed by atoms with van der Waals surface area (Å²) >= 11 is 0. The second-order valence-electron chi connectivity index (χ2n) is 6.07. The molecule has 0 aliphatic carbocycles. The maximum atomic E-state index is 12.8. The van der Waals surface area contributed by atoms with Gasteiger partial charge in [0.25, 0.3) is 5.91 Å².